The van der Waals surface area contributed by atoms with E-state index in [0.29, 0.717) is 11.3 Å². The number of imide groups is 1. The third kappa shape index (κ3) is 3.77. The Morgan fingerprint density at radius 2 is 1.72 bits per heavy atom. The van der Waals surface area contributed by atoms with Gasteiger partial charge in [0.25, 0.3) is 11.6 Å². The van der Waals surface area contributed by atoms with Crippen LogP contribution in [0.15, 0.2) is 66.4 Å². The summed E-state index contributed by atoms with van der Waals surface area (Å²) in [6, 6.07) is 16.8. The van der Waals surface area contributed by atoms with Gasteiger partial charge in [-0.3, -0.25) is 20.2 Å². The van der Waals surface area contributed by atoms with Gasteiger partial charge in [-0.2, -0.15) is 0 Å². The van der Waals surface area contributed by atoms with Crippen molar-refractivity contribution in [3.05, 3.63) is 87.6 Å². The number of carbonyl (C=O) groups is 2. The summed E-state index contributed by atoms with van der Waals surface area (Å²) in [6.45, 7) is 0.186. The van der Waals surface area contributed by atoms with Crippen molar-refractivity contribution in [2.75, 3.05) is 0 Å². The number of amides is 3. The van der Waals surface area contributed by atoms with Crippen LogP contribution in [-0.2, 0) is 11.4 Å². The summed E-state index contributed by atoms with van der Waals surface area (Å²) in [4.78, 5) is 33.7. The zero-order valence-corrected chi connectivity index (χ0v) is 15.0. The van der Waals surface area contributed by atoms with E-state index < -0.39 is 16.9 Å². The highest BCUT2D eigenvalue weighted by atomic mass is 16.6. The van der Waals surface area contributed by atoms with Crippen LogP contribution >= 0.6 is 0 Å². The van der Waals surface area contributed by atoms with E-state index in [-0.39, 0.29) is 18.0 Å². The number of nitro benzene ring substituents is 1. The number of hydrogen-bond donors (Lipinski definition) is 2. The minimum atomic E-state index is -0.574. The van der Waals surface area contributed by atoms with Crippen LogP contribution in [0.4, 0.5) is 10.5 Å². The molecule has 29 heavy (non-hydrogen) atoms. The van der Waals surface area contributed by atoms with Crippen LogP contribution in [0.5, 0.6) is 5.75 Å². The van der Waals surface area contributed by atoms with Crippen LogP contribution in [0, 0.1) is 10.1 Å². The largest absolute Gasteiger partial charge is 0.488 e. The van der Waals surface area contributed by atoms with Crippen molar-refractivity contribution < 1.29 is 19.2 Å². The molecule has 0 spiro atoms. The number of rotatable bonds is 5. The van der Waals surface area contributed by atoms with Gasteiger partial charge in [0.05, 0.1) is 4.92 Å². The van der Waals surface area contributed by atoms with Crippen LogP contribution < -0.4 is 15.4 Å². The Morgan fingerprint density at radius 1 is 0.966 bits per heavy atom. The molecular weight excluding hydrogens is 374 g/mol. The van der Waals surface area contributed by atoms with Crippen molar-refractivity contribution in [1.29, 1.82) is 0 Å². The summed E-state index contributed by atoms with van der Waals surface area (Å²) in [5, 5.41) is 17.2. The molecule has 0 atom stereocenters. The van der Waals surface area contributed by atoms with Gasteiger partial charge in [0.2, 0.25) is 0 Å². The van der Waals surface area contributed by atoms with Crippen LogP contribution in [0.3, 0.4) is 0 Å². The highest BCUT2D eigenvalue weighted by Crippen LogP contribution is 2.31. The Bertz CT molecular complexity index is 1170. The predicted molar refractivity (Wildman–Crippen MR) is 106 cm³/mol. The fourth-order valence-corrected chi connectivity index (χ4v) is 3.05. The lowest BCUT2D eigenvalue weighted by atomic mass is 10.0. The van der Waals surface area contributed by atoms with Gasteiger partial charge < -0.3 is 10.1 Å². The van der Waals surface area contributed by atoms with E-state index in [9.17, 15) is 19.7 Å². The standard InChI is InChI=1S/C21H15N3O5/c25-20-18(22-21(26)23-20)11-17-16-4-2-1-3-14(16)7-10-19(17)29-12-13-5-8-15(9-6-13)24(27)28/h1-11H,12H2,(H2,22,23,25,26)/b18-11+. The van der Waals surface area contributed by atoms with Gasteiger partial charge in [-0.05, 0) is 40.6 Å². The number of benzene rings is 3. The van der Waals surface area contributed by atoms with E-state index in [0.717, 1.165) is 16.3 Å². The lowest BCUT2D eigenvalue weighted by Crippen LogP contribution is -2.22. The van der Waals surface area contributed by atoms with Gasteiger partial charge in [0.1, 0.15) is 18.1 Å². The van der Waals surface area contributed by atoms with Crippen LogP contribution in [-0.4, -0.2) is 16.9 Å². The third-order valence-electron chi connectivity index (χ3n) is 4.48. The summed E-state index contributed by atoms with van der Waals surface area (Å²) in [5.74, 6) is 0.00718. The molecule has 1 saturated heterocycles. The second kappa shape index (κ2) is 7.43. The third-order valence-corrected chi connectivity index (χ3v) is 4.48. The first kappa shape index (κ1) is 18.2. The number of ether oxygens (including phenoxy) is 1. The summed E-state index contributed by atoms with van der Waals surface area (Å²) in [7, 11) is 0. The Labute approximate surface area is 164 Å². The molecule has 1 heterocycles. The van der Waals surface area contributed by atoms with Crippen molar-refractivity contribution in [3.8, 4) is 5.75 Å². The molecule has 0 saturated carbocycles. The minimum Gasteiger partial charge on any atom is -0.488 e. The number of fused-ring (bicyclic) bond motifs is 1. The molecule has 0 bridgehead atoms. The summed E-state index contributed by atoms with van der Waals surface area (Å²) < 4.78 is 5.95. The number of nitrogens with zero attached hydrogens (tertiary/aromatic N) is 1. The van der Waals surface area contributed by atoms with Gasteiger partial charge in [-0.15, -0.1) is 0 Å². The number of carbonyl (C=O) groups excluding carboxylic acids is 2. The Morgan fingerprint density at radius 3 is 2.41 bits per heavy atom. The van der Waals surface area contributed by atoms with E-state index >= 15 is 0 Å². The highest BCUT2D eigenvalue weighted by Gasteiger charge is 2.23. The maximum absolute atomic E-state index is 11.9. The number of nitrogens with one attached hydrogen (secondary N) is 2. The van der Waals surface area contributed by atoms with Crippen LogP contribution in [0.2, 0.25) is 0 Å². The van der Waals surface area contributed by atoms with Crippen molar-refractivity contribution in [2.45, 2.75) is 6.61 Å². The fourth-order valence-electron chi connectivity index (χ4n) is 3.05. The Hall–Kier alpha value is -4.20. The van der Waals surface area contributed by atoms with Crippen molar-refractivity contribution in [3.63, 3.8) is 0 Å². The van der Waals surface area contributed by atoms with Gasteiger partial charge >= 0.3 is 6.03 Å². The summed E-state index contributed by atoms with van der Waals surface area (Å²) in [5.41, 5.74) is 1.55. The van der Waals surface area contributed by atoms with Gasteiger partial charge in [0, 0.05) is 17.7 Å². The molecule has 8 nitrogen and oxygen atoms in total. The maximum atomic E-state index is 11.9. The van der Waals surface area contributed by atoms with E-state index in [2.05, 4.69) is 10.6 Å². The molecule has 8 heteroatoms. The summed E-state index contributed by atoms with van der Waals surface area (Å²) >= 11 is 0. The molecule has 3 aromatic carbocycles. The number of non-ortho nitro benzene ring substituents is 1. The predicted octanol–water partition coefficient (Wildman–Crippen LogP) is 3.51. The molecule has 4 rings (SSSR count). The molecule has 0 aliphatic carbocycles. The maximum Gasteiger partial charge on any atom is 0.326 e. The van der Waals surface area contributed by atoms with E-state index in [1.165, 1.54) is 12.1 Å². The first-order valence-electron chi connectivity index (χ1n) is 8.73. The molecule has 1 fully saturated rings. The zero-order chi connectivity index (χ0) is 20.4. The summed E-state index contributed by atoms with van der Waals surface area (Å²) in [6.07, 6.45) is 1.58. The average molecular weight is 389 g/mol. The lowest BCUT2D eigenvalue weighted by Gasteiger charge is -2.13. The normalized spacial score (nSPS) is 14.7. The van der Waals surface area contributed by atoms with Crippen molar-refractivity contribution in [1.82, 2.24) is 10.6 Å². The average Bonchev–Trinajstić information content (AvgIpc) is 3.04. The smallest absolute Gasteiger partial charge is 0.326 e. The quantitative estimate of drug-likeness (QED) is 0.300. The molecule has 1 aliphatic rings. The second-order valence-corrected chi connectivity index (χ2v) is 6.38. The number of urea groups is 1. The molecule has 3 aromatic rings. The van der Waals surface area contributed by atoms with Crippen LogP contribution in [0.1, 0.15) is 11.1 Å². The SMILES string of the molecule is O=C1NC(=O)/C(=C\c2c(OCc3ccc([N+](=O)[O-])cc3)ccc3ccccc23)N1. The number of nitro groups is 1. The molecule has 0 aromatic heterocycles. The fraction of sp³-hybridized carbons (Fsp3) is 0.0476. The van der Waals surface area contributed by atoms with Crippen molar-refractivity contribution in [2.24, 2.45) is 0 Å². The Balaban J connectivity index is 1.68. The first-order chi connectivity index (χ1) is 14.0. The van der Waals surface area contributed by atoms with Gasteiger partial charge in [-0.25, -0.2) is 4.79 Å². The molecule has 0 unspecified atom stereocenters. The zero-order valence-electron chi connectivity index (χ0n) is 15.0. The van der Waals surface area contributed by atoms with E-state index in [4.69, 9.17) is 4.74 Å². The van der Waals surface area contributed by atoms with E-state index in [1.54, 1.807) is 24.3 Å². The second-order valence-electron chi connectivity index (χ2n) is 6.38. The first-order valence-corrected chi connectivity index (χ1v) is 8.73. The Kier molecular flexibility index (Phi) is 4.66. The molecular formula is C21H15N3O5. The van der Waals surface area contributed by atoms with E-state index in [1.807, 2.05) is 30.3 Å². The van der Waals surface area contributed by atoms with Crippen molar-refractivity contribution >= 4 is 34.5 Å². The van der Waals surface area contributed by atoms with Gasteiger partial charge in [-0.1, -0.05) is 30.3 Å². The molecule has 1 aliphatic heterocycles. The molecule has 0 radical (unpaired) electrons. The highest BCUT2D eigenvalue weighted by molar-refractivity contribution is 6.14. The van der Waals surface area contributed by atoms with Gasteiger partial charge in [0.15, 0.2) is 0 Å². The molecule has 144 valence electrons. The van der Waals surface area contributed by atoms with Crippen LogP contribution in [0.25, 0.3) is 16.8 Å². The molecule has 3 amide bonds. The topological polar surface area (TPSA) is 111 Å². The monoisotopic (exact) mass is 389 g/mol. The lowest BCUT2D eigenvalue weighted by molar-refractivity contribution is -0.384. The molecule has 2 N–H and O–H groups in total. The minimum absolute atomic E-state index is 0.00728. The number of hydrogen-bond acceptors (Lipinski definition) is 5.